The Morgan fingerprint density at radius 3 is 2.58 bits per heavy atom. The third kappa shape index (κ3) is 4.56. The number of rotatable bonds is 7. The van der Waals surface area contributed by atoms with Crippen molar-refractivity contribution in [1.29, 1.82) is 0 Å². The van der Waals surface area contributed by atoms with Crippen molar-refractivity contribution < 1.29 is 39.9 Å². The molecule has 15 heteroatoms. The smallest absolute Gasteiger partial charge is 0.328 e. The molecule has 6 unspecified atom stereocenters. The molecule has 6 atom stereocenters. The first-order valence-electron chi connectivity index (χ1n) is 9.07. The summed E-state index contributed by atoms with van der Waals surface area (Å²) in [6.07, 6.45) is -3.20. The number of nitrogens with zero attached hydrogens (tertiary/aromatic N) is 4. The maximum absolute atomic E-state index is 12.3. The van der Waals surface area contributed by atoms with E-state index in [1.54, 1.807) is 6.26 Å². The highest BCUT2D eigenvalue weighted by Gasteiger charge is 2.44. The summed E-state index contributed by atoms with van der Waals surface area (Å²) in [4.78, 5) is 36.1. The van der Waals surface area contributed by atoms with E-state index in [-0.39, 0.29) is 22.1 Å². The number of aromatic nitrogens is 4. The molecule has 0 aliphatic carbocycles. The minimum Gasteiger partial charge on any atom is -0.480 e. The highest BCUT2D eigenvalue weighted by atomic mass is 32.2. The number of amides is 2. The van der Waals surface area contributed by atoms with Crippen LogP contribution >= 0.6 is 11.8 Å². The number of aliphatic hydroxyl groups excluding tert-OH is 4. The lowest BCUT2D eigenvalue weighted by atomic mass is 10.1. The van der Waals surface area contributed by atoms with Crippen LogP contribution in [0.3, 0.4) is 0 Å². The molecule has 2 aromatic rings. The third-order valence-corrected chi connectivity index (χ3v) is 5.19. The number of anilines is 1. The van der Waals surface area contributed by atoms with E-state index in [9.17, 15) is 30.0 Å². The fourth-order valence-corrected chi connectivity index (χ4v) is 3.40. The Kier molecular flexibility index (Phi) is 6.93. The number of hydrogen-bond acceptors (Lipinski definition) is 11. The molecule has 0 saturated carbocycles. The number of thioether (sulfide) groups is 1. The van der Waals surface area contributed by atoms with E-state index < -0.39 is 55.3 Å². The van der Waals surface area contributed by atoms with Gasteiger partial charge in [0.15, 0.2) is 34.4 Å². The Morgan fingerprint density at radius 2 is 2.03 bits per heavy atom. The number of imidazole rings is 1. The molecule has 0 radical (unpaired) electrons. The van der Waals surface area contributed by atoms with E-state index in [0.29, 0.717) is 0 Å². The third-order valence-electron chi connectivity index (χ3n) is 4.64. The van der Waals surface area contributed by atoms with Crippen LogP contribution in [-0.4, -0.2) is 100 Å². The minimum atomic E-state index is -1.55. The van der Waals surface area contributed by atoms with Gasteiger partial charge < -0.3 is 35.6 Å². The zero-order chi connectivity index (χ0) is 22.9. The number of urea groups is 1. The van der Waals surface area contributed by atoms with Crippen molar-refractivity contribution in [2.24, 2.45) is 0 Å². The van der Waals surface area contributed by atoms with Crippen molar-refractivity contribution >= 4 is 40.7 Å². The number of carboxylic acids is 1. The van der Waals surface area contributed by atoms with E-state index in [4.69, 9.17) is 9.84 Å². The number of hydrogen-bond donors (Lipinski definition) is 7. The fourth-order valence-electron chi connectivity index (χ4n) is 3.04. The van der Waals surface area contributed by atoms with Gasteiger partial charge in [0.25, 0.3) is 0 Å². The van der Waals surface area contributed by atoms with Gasteiger partial charge in [0.2, 0.25) is 0 Å². The molecule has 0 bridgehead atoms. The van der Waals surface area contributed by atoms with Crippen molar-refractivity contribution in [1.82, 2.24) is 24.8 Å². The quantitative estimate of drug-likeness (QED) is 0.179. The molecule has 1 aliphatic heterocycles. The minimum absolute atomic E-state index is 0.0490. The predicted molar refractivity (Wildman–Crippen MR) is 105 cm³/mol. The van der Waals surface area contributed by atoms with Gasteiger partial charge in [-0.25, -0.2) is 24.5 Å². The van der Waals surface area contributed by atoms with Gasteiger partial charge in [0, 0.05) is 0 Å². The average Bonchev–Trinajstić information content (AvgIpc) is 3.26. The van der Waals surface area contributed by atoms with E-state index in [1.165, 1.54) is 17.8 Å². The Hall–Kier alpha value is -2.56. The van der Waals surface area contributed by atoms with Gasteiger partial charge in [-0.05, 0) is 13.2 Å². The topological polar surface area (TPSA) is 212 Å². The summed E-state index contributed by atoms with van der Waals surface area (Å²) >= 11 is 1.15. The van der Waals surface area contributed by atoms with Crippen LogP contribution in [0.5, 0.6) is 0 Å². The highest BCUT2D eigenvalue weighted by Crippen LogP contribution is 2.33. The van der Waals surface area contributed by atoms with Gasteiger partial charge in [-0.2, -0.15) is 0 Å². The van der Waals surface area contributed by atoms with Crippen molar-refractivity contribution in [2.75, 3.05) is 18.2 Å². The van der Waals surface area contributed by atoms with Gasteiger partial charge in [0.05, 0.1) is 19.0 Å². The molecular formula is C16H22N6O8S. The number of ether oxygens (including phenoxy) is 1. The van der Waals surface area contributed by atoms with Crippen LogP contribution in [0.2, 0.25) is 0 Å². The standard InChI is InChI=1S/C16H22N6O8S/c1-5(24)7(14(27)28)18-15(29)19-11-8-12(21-16(20-11)31-2)22(4-17-8)13-10(26)9(25)6(3-23)30-13/h4-7,9-10,13,23-26H,3H2,1-2H3,(H,27,28)(H2,18,19,20,21,29). The van der Waals surface area contributed by atoms with Gasteiger partial charge >= 0.3 is 12.0 Å². The molecule has 2 amide bonds. The lowest BCUT2D eigenvalue weighted by Gasteiger charge is -2.18. The Morgan fingerprint density at radius 1 is 1.32 bits per heavy atom. The Labute approximate surface area is 179 Å². The summed E-state index contributed by atoms with van der Waals surface area (Å²) < 4.78 is 6.83. The SMILES string of the molecule is CSc1nc(NC(=O)NC(C(=O)O)C(C)O)c2ncn(C3OC(CO)C(O)C3O)c2n1. The van der Waals surface area contributed by atoms with Crippen LogP contribution in [0.25, 0.3) is 11.2 Å². The second kappa shape index (κ2) is 9.29. The molecule has 31 heavy (non-hydrogen) atoms. The number of carbonyl (C=O) groups excluding carboxylic acids is 1. The van der Waals surface area contributed by atoms with Crippen molar-refractivity contribution in [3.63, 3.8) is 0 Å². The first-order chi connectivity index (χ1) is 14.7. The van der Waals surface area contributed by atoms with Crippen molar-refractivity contribution in [3.05, 3.63) is 6.33 Å². The first-order valence-corrected chi connectivity index (χ1v) is 10.3. The van der Waals surface area contributed by atoms with E-state index in [1.807, 2.05) is 0 Å². The van der Waals surface area contributed by atoms with E-state index >= 15 is 0 Å². The molecule has 1 aliphatic rings. The van der Waals surface area contributed by atoms with Gasteiger partial charge in [-0.1, -0.05) is 11.8 Å². The van der Waals surface area contributed by atoms with Gasteiger partial charge in [-0.3, -0.25) is 9.88 Å². The summed E-state index contributed by atoms with van der Waals surface area (Å²) in [6.45, 7) is 0.712. The normalized spacial score (nSPS) is 25.4. The average molecular weight is 458 g/mol. The largest absolute Gasteiger partial charge is 0.480 e. The van der Waals surface area contributed by atoms with Gasteiger partial charge in [0.1, 0.15) is 18.3 Å². The summed E-state index contributed by atoms with van der Waals surface area (Å²) in [6, 6.07) is -2.49. The second-order valence-electron chi connectivity index (χ2n) is 6.77. The molecule has 7 N–H and O–H groups in total. The monoisotopic (exact) mass is 458 g/mol. The number of aliphatic carboxylic acids is 1. The number of nitrogens with one attached hydrogen (secondary N) is 2. The first kappa shape index (κ1) is 23.1. The summed E-state index contributed by atoms with van der Waals surface area (Å²) in [7, 11) is 0. The summed E-state index contributed by atoms with van der Waals surface area (Å²) in [5.74, 6) is -1.47. The van der Waals surface area contributed by atoms with Gasteiger partial charge in [-0.15, -0.1) is 0 Å². The summed E-state index contributed by atoms with van der Waals surface area (Å²) in [5, 5.41) is 53.0. The molecule has 170 valence electrons. The number of aliphatic hydroxyl groups is 4. The van der Waals surface area contributed by atoms with Crippen molar-refractivity contribution in [3.8, 4) is 0 Å². The fraction of sp³-hybridized carbons (Fsp3) is 0.562. The molecule has 0 aromatic carbocycles. The lowest BCUT2D eigenvalue weighted by Crippen LogP contribution is -2.49. The van der Waals surface area contributed by atoms with Crippen LogP contribution in [0.4, 0.5) is 10.6 Å². The van der Waals surface area contributed by atoms with E-state index in [0.717, 1.165) is 11.8 Å². The van der Waals surface area contributed by atoms with Crippen LogP contribution in [-0.2, 0) is 9.53 Å². The number of fused-ring (bicyclic) bond motifs is 1. The maximum atomic E-state index is 12.3. The number of carbonyl (C=O) groups is 2. The molecule has 2 aromatic heterocycles. The second-order valence-corrected chi connectivity index (χ2v) is 7.54. The lowest BCUT2D eigenvalue weighted by molar-refractivity contribution is -0.141. The van der Waals surface area contributed by atoms with E-state index in [2.05, 4.69) is 25.6 Å². The highest BCUT2D eigenvalue weighted by molar-refractivity contribution is 7.98. The molecule has 3 heterocycles. The predicted octanol–water partition coefficient (Wildman–Crippen LogP) is -1.88. The van der Waals surface area contributed by atoms with Crippen LogP contribution in [0, 0.1) is 0 Å². The molecule has 1 fully saturated rings. The molecular weight excluding hydrogens is 436 g/mol. The van der Waals surface area contributed by atoms with Crippen LogP contribution < -0.4 is 10.6 Å². The molecule has 1 saturated heterocycles. The molecule has 0 spiro atoms. The number of carboxylic acid groups (broad SMARTS) is 1. The van der Waals surface area contributed by atoms with Crippen LogP contribution in [0.15, 0.2) is 11.5 Å². The maximum Gasteiger partial charge on any atom is 0.328 e. The van der Waals surface area contributed by atoms with Crippen molar-refractivity contribution in [2.45, 2.75) is 48.8 Å². The zero-order valence-corrected chi connectivity index (χ0v) is 17.2. The Bertz CT molecular complexity index is 971. The Balaban J connectivity index is 1.93. The summed E-state index contributed by atoms with van der Waals surface area (Å²) in [5.41, 5.74) is 0.268. The molecule has 14 nitrogen and oxygen atoms in total. The molecule has 3 rings (SSSR count). The van der Waals surface area contributed by atoms with Crippen LogP contribution in [0.1, 0.15) is 13.2 Å². The zero-order valence-electron chi connectivity index (χ0n) is 16.4.